The number of carbonyl (C=O) groups excluding carboxylic acids is 2. The smallest absolute Gasteiger partial charge is 0.254 e. The van der Waals surface area contributed by atoms with Gasteiger partial charge in [0.25, 0.3) is 5.91 Å². The molecular formula is C35H40Cl2N4O2. The fourth-order valence-corrected chi connectivity index (χ4v) is 7.56. The van der Waals surface area contributed by atoms with Crippen molar-refractivity contribution in [2.45, 2.75) is 51.4 Å². The second kappa shape index (κ2) is 13.0. The lowest BCUT2D eigenvalue weighted by Crippen LogP contribution is -2.59. The van der Waals surface area contributed by atoms with Crippen molar-refractivity contribution in [3.05, 3.63) is 105 Å². The van der Waals surface area contributed by atoms with Crippen molar-refractivity contribution in [2.24, 2.45) is 5.92 Å². The number of carbonyl (C=O) groups is 2. The summed E-state index contributed by atoms with van der Waals surface area (Å²) in [6, 6.07) is 17.5. The van der Waals surface area contributed by atoms with Crippen LogP contribution in [-0.2, 0) is 11.3 Å². The topological polar surface area (TPSA) is 47.1 Å². The van der Waals surface area contributed by atoms with E-state index in [-0.39, 0.29) is 23.8 Å². The van der Waals surface area contributed by atoms with E-state index in [1.54, 1.807) is 0 Å². The van der Waals surface area contributed by atoms with E-state index in [1.807, 2.05) is 60.1 Å². The van der Waals surface area contributed by atoms with Gasteiger partial charge in [-0.05, 0) is 50.1 Å². The fourth-order valence-electron chi connectivity index (χ4n) is 7.29. The molecule has 3 fully saturated rings. The van der Waals surface area contributed by atoms with Crippen LogP contribution in [0.5, 0.6) is 0 Å². The predicted molar refractivity (Wildman–Crippen MR) is 173 cm³/mol. The second-order valence-electron chi connectivity index (χ2n) is 12.5. The minimum Gasteiger partial charge on any atom is -0.335 e. The zero-order chi connectivity index (χ0) is 30.1. The summed E-state index contributed by atoms with van der Waals surface area (Å²) in [5.41, 5.74) is 4.19. The van der Waals surface area contributed by atoms with Crippen LogP contribution in [0.4, 0.5) is 0 Å². The maximum atomic E-state index is 13.8. The Morgan fingerprint density at radius 3 is 2.14 bits per heavy atom. The summed E-state index contributed by atoms with van der Waals surface area (Å²) in [5, 5.41) is 0.949. The number of fused-ring (bicyclic) bond motifs is 2. The lowest BCUT2D eigenvalue weighted by molar-refractivity contribution is -0.136. The third-order valence-electron chi connectivity index (χ3n) is 9.41. The largest absolute Gasteiger partial charge is 0.335 e. The number of benzene rings is 2. The summed E-state index contributed by atoms with van der Waals surface area (Å²) < 4.78 is 0. The zero-order valence-electron chi connectivity index (χ0n) is 25.0. The summed E-state index contributed by atoms with van der Waals surface area (Å²) in [4.78, 5) is 36.5. The Balaban J connectivity index is 1.11. The number of piperazine rings is 2. The van der Waals surface area contributed by atoms with Gasteiger partial charge in [0, 0.05) is 75.8 Å². The average molecular weight is 620 g/mol. The Bertz CT molecular complexity index is 1410. The van der Waals surface area contributed by atoms with E-state index in [1.165, 1.54) is 12.0 Å². The van der Waals surface area contributed by atoms with Crippen molar-refractivity contribution in [2.75, 3.05) is 39.3 Å². The number of rotatable bonds is 7. The second-order valence-corrected chi connectivity index (χ2v) is 13.3. The molecule has 0 spiro atoms. The van der Waals surface area contributed by atoms with Crippen molar-refractivity contribution in [1.82, 2.24) is 19.6 Å². The van der Waals surface area contributed by atoms with Gasteiger partial charge in [-0.1, -0.05) is 82.9 Å². The number of nitrogens with zero attached hydrogens (tertiary/aromatic N) is 4. The first-order chi connectivity index (χ1) is 20.7. The summed E-state index contributed by atoms with van der Waals surface area (Å²) >= 11 is 12.7. The molecule has 1 aliphatic carbocycles. The molecule has 0 saturated carbocycles. The van der Waals surface area contributed by atoms with Crippen LogP contribution < -0.4 is 0 Å². The van der Waals surface area contributed by atoms with Gasteiger partial charge >= 0.3 is 0 Å². The molecule has 0 N–H and O–H groups in total. The Morgan fingerprint density at radius 1 is 0.837 bits per heavy atom. The van der Waals surface area contributed by atoms with Crippen molar-refractivity contribution in [3.63, 3.8) is 0 Å². The molecule has 6 rings (SSSR count). The molecule has 0 aromatic heterocycles. The summed E-state index contributed by atoms with van der Waals surface area (Å²) in [6.45, 7) is 9.33. The van der Waals surface area contributed by atoms with Gasteiger partial charge in [0.1, 0.15) is 0 Å². The van der Waals surface area contributed by atoms with Crippen LogP contribution in [0.15, 0.2) is 82.9 Å². The normalized spacial score (nSPS) is 24.7. The molecule has 43 heavy (non-hydrogen) atoms. The molecule has 4 aliphatic rings. The van der Waals surface area contributed by atoms with Crippen LogP contribution in [-0.4, -0.2) is 88.8 Å². The average Bonchev–Trinajstić information content (AvgIpc) is 3.54. The molecule has 2 aromatic carbocycles. The molecule has 0 unspecified atom stereocenters. The maximum Gasteiger partial charge on any atom is 0.254 e. The highest BCUT2D eigenvalue weighted by atomic mass is 35.5. The van der Waals surface area contributed by atoms with Gasteiger partial charge in [-0.3, -0.25) is 19.4 Å². The molecule has 2 bridgehead atoms. The highest BCUT2D eigenvalue weighted by Crippen LogP contribution is 2.33. The van der Waals surface area contributed by atoms with E-state index in [0.29, 0.717) is 53.8 Å². The number of hydrogen-bond donors (Lipinski definition) is 0. The van der Waals surface area contributed by atoms with Crippen LogP contribution in [0.2, 0.25) is 0 Å². The van der Waals surface area contributed by atoms with Gasteiger partial charge in [-0.2, -0.15) is 0 Å². The Hall–Kier alpha value is -2.90. The van der Waals surface area contributed by atoms with E-state index in [4.69, 9.17) is 23.2 Å². The maximum absolute atomic E-state index is 13.8. The number of halogens is 2. The van der Waals surface area contributed by atoms with Crippen LogP contribution in [0.3, 0.4) is 0 Å². The monoisotopic (exact) mass is 618 g/mol. The first-order valence-electron chi connectivity index (χ1n) is 15.4. The van der Waals surface area contributed by atoms with Crippen molar-refractivity contribution >= 4 is 35.0 Å². The molecular weight excluding hydrogens is 579 g/mol. The summed E-state index contributed by atoms with van der Waals surface area (Å²) in [7, 11) is 0. The van der Waals surface area contributed by atoms with Crippen LogP contribution in [0.1, 0.15) is 39.9 Å². The number of allylic oxidation sites excluding steroid dienone is 4. The van der Waals surface area contributed by atoms with Gasteiger partial charge in [0.05, 0.1) is 16.1 Å². The highest BCUT2D eigenvalue weighted by molar-refractivity contribution is 6.41. The van der Waals surface area contributed by atoms with Gasteiger partial charge in [0.2, 0.25) is 5.91 Å². The van der Waals surface area contributed by atoms with E-state index in [9.17, 15) is 9.59 Å². The highest BCUT2D eigenvalue weighted by Gasteiger charge is 2.43. The third kappa shape index (κ3) is 6.78. The minimum atomic E-state index is -0.202. The van der Waals surface area contributed by atoms with Gasteiger partial charge < -0.3 is 9.80 Å². The van der Waals surface area contributed by atoms with Crippen LogP contribution in [0, 0.1) is 19.8 Å². The van der Waals surface area contributed by atoms with E-state index in [2.05, 4.69) is 46.2 Å². The Kier molecular flexibility index (Phi) is 9.11. The number of amides is 2. The predicted octanol–water partition coefficient (Wildman–Crippen LogP) is 5.74. The molecule has 2 aromatic rings. The van der Waals surface area contributed by atoms with Crippen molar-refractivity contribution in [3.8, 4) is 0 Å². The number of likely N-dealkylation sites (tertiary alicyclic amines) is 2. The molecule has 8 heteroatoms. The van der Waals surface area contributed by atoms with Gasteiger partial charge in [0.15, 0.2) is 0 Å². The molecule has 3 atom stereocenters. The first-order valence-corrected chi connectivity index (χ1v) is 16.1. The molecule has 3 aliphatic heterocycles. The molecule has 6 nitrogen and oxygen atoms in total. The third-order valence-corrected chi connectivity index (χ3v) is 10.2. The van der Waals surface area contributed by atoms with E-state index >= 15 is 0 Å². The lowest BCUT2D eigenvalue weighted by Gasteiger charge is -2.44. The van der Waals surface area contributed by atoms with Gasteiger partial charge in [-0.15, -0.1) is 0 Å². The minimum absolute atomic E-state index is 0.00724. The Morgan fingerprint density at radius 2 is 1.49 bits per heavy atom. The van der Waals surface area contributed by atoms with Gasteiger partial charge in [-0.25, -0.2) is 0 Å². The molecule has 2 amide bonds. The SMILES string of the molecule is Cc1cc(C)cc(C(=O)N2CCN(C(=O)CCN3C[C@@H]4C[C@H]3CN4Cc3ccccc3)[C@H](C3C=CC(Cl)=C(Cl)C=C3)C2)c1. The van der Waals surface area contributed by atoms with Crippen LogP contribution >= 0.6 is 23.2 Å². The molecule has 3 heterocycles. The van der Waals surface area contributed by atoms with E-state index in [0.717, 1.165) is 37.3 Å². The molecule has 226 valence electrons. The zero-order valence-corrected chi connectivity index (χ0v) is 26.5. The fraction of sp³-hybridized carbons (Fsp3) is 0.429. The first kappa shape index (κ1) is 30.1. The quantitative estimate of drug-likeness (QED) is 0.397. The molecule has 0 radical (unpaired) electrons. The summed E-state index contributed by atoms with van der Waals surface area (Å²) in [6.07, 6.45) is 9.28. The number of aryl methyl sites for hydroxylation is 2. The van der Waals surface area contributed by atoms with Crippen molar-refractivity contribution in [1.29, 1.82) is 0 Å². The van der Waals surface area contributed by atoms with Crippen molar-refractivity contribution < 1.29 is 9.59 Å². The number of hydrogen-bond acceptors (Lipinski definition) is 4. The van der Waals surface area contributed by atoms with Crippen LogP contribution in [0.25, 0.3) is 0 Å². The standard InChI is InChI=1S/C35H40Cl2N4O2/c1-24-16-25(2)18-28(17-24)35(43)39-14-15-41(33(23-39)27-8-10-31(36)32(37)11-9-27)34(42)12-13-38-21-30-19-29(38)22-40(30)20-26-6-4-3-5-7-26/h3-11,16-18,27,29-30,33H,12-15,19-23H2,1-2H3/t29-,30-,33-/m0/s1. The molecule has 3 saturated heterocycles. The lowest BCUT2D eigenvalue weighted by atomic mass is 9.94. The summed E-state index contributed by atoms with van der Waals surface area (Å²) in [5.74, 6) is 0.0366. The van der Waals surface area contributed by atoms with E-state index < -0.39 is 0 Å². The Labute approximate surface area is 265 Å².